The molecule has 0 aromatic heterocycles. The van der Waals surface area contributed by atoms with Crippen molar-refractivity contribution in [3.63, 3.8) is 0 Å². The predicted octanol–water partition coefficient (Wildman–Crippen LogP) is 3.46. The lowest BCUT2D eigenvalue weighted by atomic mass is 10.1. The Bertz CT molecular complexity index is 371. The van der Waals surface area contributed by atoms with E-state index in [9.17, 15) is 4.39 Å². The van der Waals surface area contributed by atoms with Crippen molar-refractivity contribution in [2.24, 2.45) is 0 Å². The van der Waals surface area contributed by atoms with E-state index in [1.54, 1.807) is 12.1 Å². The van der Waals surface area contributed by atoms with E-state index < -0.39 is 12.2 Å². The summed E-state index contributed by atoms with van der Waals surface area (Å²) >= 11 is 11.9. The van der Waals surface area contributed by atoms with Crippen molar-refractivity contribution >= 4 is 28.9 Å². The summed E-state index contributed by atoms with van der Waals surface area (Å²) in [6, 6.07) is 3.57. The molecule has 0 amide bonds. The first-order chi connectivity index (χ1) is 7.85. The van der Waals surface area contributed by atoms with Crippen LogP contribution in [0.15, 0.2) is 12.1 Å². The van der Waals surface area contributed by atoms with Gasteiger partial charge in [-0.3, -0.25) is 0 Å². The Balaban J connectivity index is 2.59. The van der Waals surface area contributed by atoms with Gasteiger partial charge >= 0.3 is 0 Å². The first-order valence-electron chi connectivity index (χ1n) is 5.40. The van der Waals surface area contributed by atoms with Gasteiger partial charge in [0, 0.05) is 5.54 Å². The number of rotatable bonds is 5. The summed E-state index contributed by atoms with van der Waals surface area (Å²) in [6.45, 7) is 3.88. The first kappa shape index (κ1) is 14.6. The second-order valence-corrected chi connectivity index (χ2v) is 5.48. The Morgan fingerprint density at radius 2 is 1.82 bits per heavy atom. The molecule has 2 nitrogen and oxygen atoms in total. The lowest BCUT2D eigenvalue weighted by Crippen LogP contribution is -2.42. The van der Waals surface area contributed by atoms with Gasteiger partial charge in [-0.1, -0.05) is 23.2 Å². The summed E-state index contributed by atoms with van der Waals surface area (Å²) in [4.78, 5) is 0. The van der Waals surface area contributed by atoms with Gasteiger partial charge in [-0.15, -0.1) is 0 Å². The minimum atomic E-state index is -0.499. The molecule has 0 fully saturated rings. The number of halogens is 3. The van der Waals surface area contributed by atoms with E-state index in [1.165, 1.54) is 0 Å². The molecular weight excluding hydrogens is 262 g/mol. The van der Waals surface area contributed by atoms with E-state index in [4.69, 9.17) is 28.9 Å². The third-order valence-electron chi connectivity index (χ3n) is 2.49. The average Bonchev–Trinajstić information content (AvgIpc) is 2.25. The number of anilines is 1. The highest BCUT2D eigenvalue weighted by Gasteiger charge is 2.15. The molecule has 1 rings (SSSR count). The normalized spacial score (nSPS) is 11.8. The summed E-state index contributed by atoms with van der Waals surface area (Å²) in [6.07, 6.45) is 0.725. The molecule has 0 spiro atoms. The summed E-state index contributed by atoms with van der Waals surface area (Å²) in [7, 11) is 0. The number of alkyl halides is 1. The van der Waals surface area contributed by atoms with Crippen LogP contribution in [-0.4, -0.2) is 18.8 Å². The van der Waals surface area contributed by atoms with Crippen LogP contribution in [0.25, 0.3) is 0 Å². The molecule has 3 N–H and O–H groups in total. The summed E-state index contributed by atoms with van der Waals surface area (Å²) in [5.41, 5.74) is 6.52. The molecule has 0 aliphatic carbocycles. The third kappa shape index (κ3) is 4.34. The van der Waals surface area contributed by atoms with Gasteiger partial charge in [0.1, 0.15) is 6.67 Å². The smallest absolute Gasteiger partial charge is 0.107 e. The van der Waals surface area contributed by atoms with Crippen LogP contribution in [0.3, 0.4) is 0 Å². The molecule has 0 radical (unpaired) electrons. The lowest BCUT2D eigenvalue weighted by Gasteiger charge is -2.22. The van der Waals surface area contributed by atoms with Gasteiger partial charge in [0.15, 0.2) is 0 Å². The molecule has 1 aromatic rings. The van der Waals surface area contributed by atoms with Crippen LogP contribution < -0.4 is 11.1 Å². The van der Waals surface area contributed by atoms with Crippen LogP contribution in [0, 0.1) is 0 Å². The molecule has 0 saturated heterocycles. The van der Waals surface area contributed by atoms with Crippen molar-refractivity contribution in [1.82, 2.24) is 5.32 Å². The quantitative estimate of drug-likeness (QED) is 0.810. The topological polar surface area (TPSA) is 38.0 Å². The van der Waals surface area contributed by atoms with Gasteiger partial charge in [-0.05, 0) is 44.5 Å². The number of hydrogen-bond donors (Lipinski definition) is 2. The molecule has 0 aliphatic rings. The molecule has 0 aliphatic heterocycles. The Hall–Kier alpha value is -0.510. The predicted molar refractivity (Wildman–Crippen MR) is 72.6 cm³/mol. The molecule has 0 atom stereocenters. The van der Waals surface area contributed by atoms with Crippen LogP contribution in [0.1, 0.15) is 19.4 Å². The van der Waals surface area contributed by atoms with Gasteiger partial charge in [0.05, 0.1) is 15.7 Å². The standard InChI is InChI=1S/C12H17Cl2FN2/c1-12(2,7-15)17-4-3-8-5-9(13)11(16)10(14)6-8/h5-6,17H,3-4,7,16H2,1-2H3. The number of nitrogen functional groups attached to an aromatic ring is 1. The van der Waals surface area contributed by atoms with E-state index in [1.807, 2.05) is 13.8 Å². The summed E-state index contributed by atoms with van der Waals surface area (Å²) in [5, 5.41) is 4.03. The van der Waals surface area contributed by atoms with Crippen molar-refractivity contribution in [3.05, 3.63) is 27.7 Å². The second kappa shape index (κ2) is 5.89. The van der Waals surface area contributed by atoms with Crippen LogP contribution >= 0.6 is 23.2 Å². The van der Waals surface area contributed by atoms with Crippen molar-refractivity contribution in [3.8, 4) is 0 Å². The maximum Gasteiger partial charge on any atom is 0.107 e. The molecular formula is C12H17Cl2FN2. The maximum absolute atomic E-state index is 12.6. The maximum atomic E-state index is 12.6. The highest BCUT2D eigenvalue weighted by atomic mass is 35.5. The monoisotopic (exact) mass is 278 g/mol. The van der Waals surface area contributed by atoms with Gasteiger partial charge in [-0.2, -0.15) is 0 Å². The summed E-state index contributed by atoms with van der Waals surface area (Å²) in [5.74, 6) is 0. The molecule has 17 heavy (non-hydrogen) atoms. The van der Waals surface area contributed by atoms with E-state index in [2.05, 4.69) is 5.32 Å². The Labute approximate surface area is 111 Å². The highest BCUT2D eigenvalue weighted by molar-refractivity contribution is 6.38. The second-order valence-electron chi connectivity index (χ2n) is 4.67. The van der Waals surface area contributed by atoms with Gasteiger partial charge < -0.3 is 11.1 Å². The van der Waals surface area contributed by atoms with Crippen LogP contribution in [0.4, 0.5) is 10.1 Å². The molecule has 96 valence electrons. The van der Waals surface area contributed by atoms with Crippen LogP contribution in [0.2, 0.25) is 10.0 Å². The minimum Gasteiger partial charge on any atom is -0.396 e. The number of nitrogens with two attached hydrogens (primary N) is 1. The Morgan fingerprint density at radius 1 is 1.29 bits per heavy atom. The molecule has 0 bridgehead atoms. The number of benzene rings is 1. The third-order valence-corrected chi connectivity index (χ3v) is 3.12. The SMILES string of the molecule is CC(C)(CF)NCCc1cc(Cl)c(N)c(Cl)c1. The molecule has 0 saturated carbocycles. The van der Waals surface area contributed by atoms with Gasteiger partial charge in [0.2, 0.25) is 0 Å². The first-order valence-corrected chi connectivity index (χ1v) is 6.16. The molecule has 0 unspecified atom stereocenters. The zero-order chi connectivity index (χ0) is 13.1. The fourth-order valence-electron chi connectivity index (χ4n) is 1.37. The van der Waals surface area contributed by atoms with Crippen LogP contribution in [0.5, 0.6) is 0 Å². The van der Waals surface area contributed by atoms with E-state index in [-0.39, 0.29) is 0 Å². The number of nitrogens with one attached hydrogen (secondary N) is 1. The largest absolute Gasteiger partial charge is 0.396 e. The average molecular weight is 279 g/mol. The van der Waals surface area contributed by atoms with Crippen molar-refractivity contribution in [2.75, 3.05) is 19.0 Å². The van der Waals surface area contributed by atoms with Gasteiger partial charge in [-0.25, -0.2) is 4.39 Å². The fraction of sp³-hybridized carbons (Fsp3) is 0.500. The van der Waals surface area contributed by atoms with E-state index in [0.717, 1.165) is 12.0 Å². The Kier molecular flexibility index (Phi) is 5.04. The minimum absolute atomic E-state index is 0.397. The zero-order valence-electron chi connectivity index (χ0n) is 9.99. The molecule has 0 heterocycles. The van der Waals surface area contributed by atoms with E-state index in [0.29, 0.717) is 22.3 Å². The van der Waals surface area contributed by atoms with Crippen molar-refractivity contribution in [1.29, 1.82) is 0 Å². The zero-order valence-corrected chi connectivity index (χ0v) is 11.5. The van der Waals surface area contributed by atoms with Crippen molar-refractivity contribution < 1.29 is 4.39 Å². The van der Waals surface area contributed by atoms with Crippen molar-refractivity contribution in [2.45, 2.75) is 25.8 Å². The molecule has 5 heteroatoms. The molecule has 1 aromatic carbocycles. The number of hydrogen-bond acceptors (Lipinski definition) is 2. The lowest BCUT2D eigenvalue weighted by molar-refractivity contribution is 0.290. The van der Waals surface area contributed by atoms with Crippen LogP contribution in [-0.2, 0) is 6.42 Å². The summed E-state index contributed by atoms with van der Waals surface area (Å²) < 4.78 is 12.6. The van der Waals surface area contributed by atoms with E-state index >= 15 is 0 Å². The highest BCUT2D eigenvalue weighted by Crippen LogP contribution is 2.28. The Morgan fingerprint density at radius 3 is 2.29 bits per heavy atom. The van der Waals surface area contributed by atoms with Gasteiger partial charge in [0.25, 0.3) is 0 Å². The fourth-order valence-corrected chi connectivity index (χ4v) is 1.91.